The van der Waals surface area contributed by atoms with E-state index in [1.165, 1.54) is 4.68 Å². The first-order chi connectivity index (χ1) is 10.6. The van der Waals surface area contributed by atoms with Crippen molar-refractivity contribution in [3.8, 4) is 0 Å². The molecule has 0 radical (unpaired) electrons. The van der Waals surface area contributed by atoms with Gasteiger partial charge in [0.1, 0.15) is 0 Å². The zero-order valence-electron chi connectivity index (χ0n) is 11.6. The first-order valence-electron chi connectivity index (χ1n) is 6.61. The zero-order valence-corrected chi connectivity index (χ0v) is 11.6. The number of aryl methyl sites for hydroxylation is 1. The molecular formula is C13H11N7O2. The molecule has 0 unspecified atom stereocenters. The highest BCUT2D eigenvalue weighted by Crippen LogP contribution is 2.12. The van der Waals surface area contributed by atoms with Crippen LogP contribution < -0.4 is 11.2 Å². The molecule has 0 bridgehead atoms. The van der Waals surface area contributed by atoms with Crippen molar-refractivity contribution in [2.45, 2.75) is 13.5 Å². The van der Waals surface area contributed by atoms with Crippen LogP contribution in [0.3, 0.4) is 0 Å². The van der Waals surface area contributed by atoms with E-state index in [-0.39, 0.29) is 16.7 Å². The predicted molar refractivity (Wildman–Crippen MR) is 77.8 cm³/mol. The SMILES string of the molecule is Cc1ccc(Cn2nnc3c2c(=O)[nH]n2c(=O)[nH]nc32)cc1. The molecule has 0 amide bonds. The Morgan fingerprint density at radius 2 is 1.95 bits per heavy atom. The monoisotopic (exact) mass is 297 g/mol. The molecule has 1 aromatic carbocycles. The second kappa shape index (κ2) is 4.38. The predicted octanol–water partition coefficient (Wildman–Crippen LogP) is -0.188. The van der Waals surface area contributed by atoms with Crippen LogP contribution in [0.15, 0.2) is 33.9 Å². The van der Waals surface area contributed by atoms with Crippen molar-refractivity contribution in [2.75, 3.05) is 0 Å². The van der Waals surface area contributed by atoms with Gasteiger partial charge in [-0.1, -0.05) is 35.0 Å². The molecule has 0 atom stereocenters. The quantitative estimate of drug-likeness (QED) is 0.532. The number of rotatable bonds is 2. The van der Waals surface area contributed by atoms with Gasteiger partial charge in [-0.25, -0.2) is 14.6 Å². The zero-order chi connectivity index (χ0) is 15.3. The molecule has 9 nitrogen and oxygen atoms in total. The van der Waals surface area contributed by atoms with Crippen LogP contribution >= 0.6 is 0 Å². The Labute approximate surface area is 122 Å². The Hall–Kier alpha value is -3.23. The Morgan fingerprint density at radius 1 is 1.18 bits per heavy atom. The summed E-state index contributed by atoms with van der Waals surface area (Å²) in [6.45, 7) is 2.41. The van der Waals surface area contributed by atoms with E-state index in [2.05, 4.69) is 25.6 Å². The Bertz CT molecular complexity index is 1100. The summed E-state index contributed by atoms with van der Waals surface area (Å²) in [4.78, 5) is 23.7. The van der Waals surface area contributed by atoms with Gasteiger partial charge in [0.2, 0.25) is 5.65 Å². The topological polar surface area (TPSA) is 114 Å². The minimum absolute atomic E-state index is 0.245. The molecule has 0 aliphatic rings. The highest BCUT2D eigenvalue weighted by Gasteiger charge is 2.16. The summed E-state index contributed by atoms with van der Waals surface area (Å²) in [7, 11) is 0. The molecule has 110 valence electrons. The van der Waals surface area contributed by atoms with Gasteiger partial charge in [0, 0.05) is 0 Å². The maximum Gasteiger partial charge on any atom is 0.362 e. The molecule has 2 N–H and O–H groups in total. The van der Waals surface area contributed by atoms with Gasteiger partial charge in [-0.3, -0.25) is 9.89 Å². The standard InChI is InChI=1S/C13H11N7O2/c1-7-2-4-8(5-3-7)6-19-10-9(14-18-19)11-15-16-13(22)20(11)17-12(10)21/h2-5H,6H2,1H3,(H,16,22)(H,17,21). The van der Waals surface area contributed by atoms with Gasteiger partial charge in [0.25, 0.3) is 5.56 Å². The maximum atomic E-state index is 12.2. The van der Waals surface area contributed by atoms with Crippen LogP contribution in [-0.2, 0) is 6.54 Å². The maximum absolute atomic E-state index is 12.2. The van der Waals surface area contributed by atoms with Gasteiger partial charge in [-0.15, -0.1) is 10.2 Å². The average molecular weight is 297 g/mol. The van der Waals surface area contributed by atoms with Gasteiger partial charge in [-0.05, 0) is 12.5 Å². The molecule has 0 spiro atoms. The molecule has 3 heterocycles. The summed E-state index contributed by atoms with van der Waals surface area (Å²) < 4.78 is 2.52. The first kappa shape index (κ1) is 12.5. The summed E-state index contributed by atoms with van der Waals surface area (Å²) in [5, 5.41) is 16.6. The van der Waals surface area contributed by atoms with Gasteiger partial charge in [0.15, 0.2) is 11.0 Å². The van der Waals surface area contributed by atoms with Crippen molar-refractivity contribution in [2.24, 2.45) is 0 Å². The average Bonchev–Trinajstić information content (AvgIpc) is 3.07. The molecule has 0 fully saturated rings. The van der Waals surface area contributed by atoms with Crippen molar-refractivity contribution in [3.05, 3.63) is 56.2 Å². The Balaban J connectivity index is 1.92. The molecule has 0 saturated heterocycles. The Kier molecular flexibility index (Phi) is 2.49. The van der Waals surface area contributed by atoms with Crippen molar-refractivity contribution in [1.29, 1.82) is 0 Å². The highest BCUT2D eigenvalue weighted by molar-refractivity contribution is 5.86. The normalized spacial score (nSPS) is 11.5. The molecular weight excluding hydrogens is 286 g/mol. The molecule has 9 heteroatoms. The van der Waals surface area contributed by atoms with Crippen LogP contribution in [0.25, 0.3) is 16.7 Å². The number of aromatic nitrogens is 7. The van der Waals surface area contributed by atoms with Crippen LogP contribution in [0.2, 0.25) is 0 Å². The second-order valence-electron chi connectivity index (χ2n) is 5.06. The number of benzene rings is 1. The molecule has 0 saturated carbocycles. The molecule has 22 heavy (non-hydrogen) atoms. The molecule has 4 rings (SSSR count). The third kappa shape index (κ3) is 1.75. The van der Waals surface area contributed by atoms with Gasteiger partial charge in [0.05, 0.1) is 6.54 Å². The molecule has 4 aromatic rings. The Morgan fingerprint density at radius 3 is 2.73 bits per heavy atom. The molecule has 0 aliphatic heterocycles. The minimum atomic E-state index is -0.526. The summed E-state index contributed by atoms with van der Waals surface area (Å²) >= 11 is 0. The lowest BCUT2D eigenvalue weighted by Crippen LogP contribution is -2.21. The number of fused-ring (bicyclic) bond motifs is 3. The van der Waals surface area contributed by atoms with Crippen molar-refractivity contribution >= 4 is 16.7 Å². The number of H-pyrrole nitrogens is 2. The largest absolute Gasteiger partial charge is 0.362 e. The van der Waals surface area contributed by atoms with E-state index in [0.717, 1.165) is 15.6 Å². The lowest BCUT2D eigenvalue weighted by atomic mass is 10.1. The minimum Gasteiger partial charge on any atom is -0.266 e. The number of nitrogens with one attached hydrogen (secondary N) is 2. The third-order valence-electron chi connectivity index (χ3n) is 3.50. The van der Waals surface area contributed by atoms with Gasteiger partial charge < -0.3 is 0 Å². The smallest absolute Gasteiger partial charge is 0.266 e. The summed E-state index contributed by atoms with van der Waals surface area (Å²) in [6.07, 6.45) is 0. The molecule has 0 aliphatic carbocycles. The lowest BCUT2D eigenvalue weighted by Gasteiger charge is -2.02. The first-order valence-corrected chi connectivity index (χ1v) is 6.61. The van der Waals surface area contributed by atoms with Crippen LogP contribution in [0.1, 0.15) is 11.1 Å². The number of aromatic amines is 2. The van der Waals surface area contributed by atoms with Crippen LogP contribution in [0.5, 0.6) is 0 Å². The van der Waals surface area contributed by atoms with E-state index in [1.807, 2.05) is 31.2 Å². The number of hydrogen-bond acceptors (Lipinski definition) is 5. The third-order valence-corrected chi connectivity index (χ3v) is 3.50. The van der Waals surface area contributed by atoms with E-state index < -0.39 is 11.2 Å². The van der Waals surface area contributed by atoms with E-state index in [9.17, 15) is 9.59 Å². The van der Waals surface area contributed by atoms with E-state index >= 15 is 0 Å². The molecule has 3 aromatic heterocycles. The lowest BCUT2D eigenvalue weighted by molar-refractivity contribution is 0.666. The summed E-state index contributed by atoms with van der Waals surface area (Å²) in [6, 6.07) is 7.91. The summed E-state index contributed by atoms with van der Waals surface area (Å²) in [5.41, 5.74) is 2.00. The van der Waals surface area contributed by atoms with Crippen molar-refractivity contribution < 1.29 is 0 Å². The highest BCUT2D eigenvalue weighted by atomic mass is 16.2. The van der Waals surface area contributed by atoms with Gasteiger partial charge >= 0.3 is 5.69 Å². The fourth-order valence-electron chi connectivity index (χ4n) is 2.38. The van der Waals surface area contributed by atoms with Crippen LogP contribution in [0.4, 0.5) is 0 Å². The fourth-order valence-corrected chi connectivity index (χ4v) is 2.38. The summed E-state index contributed by atoms with van der Waals surface area (Å²) in [5.74, 6) is 0. The second-order valence-corrected chi connectivity index (χ2v) is 5.06. The van der Waals surface area contributed by atoms with Crippen molar-refractivity contribution in [3.63, 3.8) is 0 Å². The fraction of sp³-hybridized carbons (Fsp3) is 0.154. The van der Waals surface area contributed by atoms with E-state index in [1.54, 1.807) is 0 Å². The van der Waals surface area contributed by atoms with E-state index in [0.29, 0.717) is 6.54 Å². The van der Waals surface area contributed by atoms with Crippen LogP contribution in [0, 0.1) is 6.92 Å². The number of nitrogens with zero attached hydrogens (tertiary/aromatic N) is 5. The van der Waals surface area contributed by atoms with Gasteiger partial charge in [-0.2, -0.15) is 4.52 Å². The van der Waals surface area contributed by atoms with E-state index in [4.69, 9.17) is 0 Å². The number of hydrogen-bond donors (Lipinski definition) is 2. The van der Waals surface area contributed by atoms with Crippen LogP contribution in [-0.4, -0.2) is 34.8 Å². The van der Waals surface area contributed by atoms with Crippen molar-refractivity contribution in [1.82, 2.24) is 34.8 Å².